The third kappa shape index (κ3) is 7.16. The number of anilines is 1. The van der Waals surface area contributed by atoms with Crippen LogP contribution in [-0.4, -0.2) is 85.8 Å². The van der Waals surface area contributed by atoms with Crippen LogP contribution in [0.4, 0.5) is 5.69 Å². The van der Waals surface area contributed by atoms with E-state index in [0.29, 0.717) is 58.2 Å². The fraction of sp³-hybridized carbons (Fsp3) is 0.652. The van der Waals surface area contributed by atoms with Crippen molar-refractivity contribution in [2.45, 2.75) is 45.3 Å². The van der Waals surface area contributed by atoms with Crippen LogP contribution in [0.15, 0.2) is 23.5 Å². The van der Waals surface area contributed by atoms with Gasteiger partial charge in [0.05, 0.1) is 44.4 Å². The molecule has 1 aromatic heterocycles. The number of morpholine rings is 1. The van der Waals surface area contributed by atoms with Crippen LogP contribution in [0.2, 0.25) is 0 Å². The van der Waals surface area contributed by atoms with Crippen molar-refractivity contribution in [1.29, 1.82) is 5.41 Å². The molecule has 0 aliphatic carbocycles. The number of β-amino-alcohol motifs (C(OH)–C–C–N with tert-alkyl or cyclic N) is 1. The van der Waals surface area contributed by atoms with Crippen LogP contribution < -0.4 is 10.1 Å². The number of aromatic nitrogens is 1. The summed E-state index contributed by atoms with van der Waals surface area (Å²) < 4.78 is 22.6. The summed E-state index contributed by atoms with van der Waals surface area (Å²) in [6, 6.07) is 1.97. The van der Waals surface area contributed by atoms with Gasteiger partial charge < -0.3 is 29.4 Å². The predicted octanol–water partition coefficient (Wildman–Crippen LogP) is 2.34. The van der Waals surface area contributed by atoms with Crippen molar-refractivity contribution >= 4 is 11.6 Å². The lowest BCUT2D eigenvalue weighted by Gasteiger charge is -2.35. The van der Waals surface area contributed by atoms with Crippen LogP contribution in [0.1, 0.15) is 32.3 Å². The molecule has 0 amide bonds. The fourth-order valence-corrected chi connectivity index (χ4v) is 3.99. The van der Waals surface area contributed by atoms with Crippen molar-refractivity contribution < 1.29 is 24.1 Å². The average molecular weight is 449 g/mol. The van der Waals surface area contributed by atoms with E-state index in [9.17, 15) is 5.11 Å². The second kappa shape index (κ2) is 11.1. The van der Waals surface area contributed by atoms with Gasteiger partial charge in [0, 0.05) is 49.3 Å². The van der Waals surface area contributed by atoms with Gasteiger partial charge in [-0.05, 0) is 26.8 Å². The number of aliphatic hydroxyl groups is 1. The maximum atomic E-state index is 10.1. The molecule has 2 aliphatic heterocycles. The molecular formula is C23H36N4O5. The second-order valence-electron chi connectivity index (χ2n) is 8.93. The minimum Gasteiger partial charge on any atom is -0.481 e. The molecule has 2 aliphatic rings. The zero-order chi connectivity index (χ0) is 23.1. The van der Waals surface area contributed by atoms with E-state index in [4.69, 9.17) is 24.4 Å². The van der Waals surface area contributed by atoms with Crippen LogP contribution in [0.5, 0.6) is 5.88 Å². The van der Waals surface area contributed by atoms with Crippen LogP contribution in [0.3, 0.4) is 0 Å². The van der Waals surface area contributed by atoms with E-state index in [1.54, 1.807) is 27.2 Å². The van der Waals surface area contributed by atoms with E-state index < -0.39 is 5.60 Å². The first-order valence-corrected chi connectivity index (χ1v) is 11.1. The van der Waals surface area contributed by atoms with Crippen LogP contribution in [-0.2, 0) is 14.2 Å². The minimum absolute atomic E-state index is 0.138. The van der Waals surface area contributed by atoms with Gasteiger partial charge in [-0.2, -0.15) is 0 Å². The second-order valence-corrected chi connectivity index (χ2v) is 8.93. The highest BCUT2D eigenvalue weighted by Gasteiger charge is 2.26. The largest absolute Gasteiger partial charge is 0.481 e. The molecule has 0 saturated carbocycles. The monoisotopic (exact) mass is 448 g/mol. The molecule has 9 heteroatoms. The Kier molecular flexibility index (Phi) is 8.47. The normalized spacial score (nSPS) is 20.6. The van der Waals surface area contributed by atoms with Crippen molar-refractivity contribution in [2.75, 3.05) is 58.5 Å². The maximum Gasteiger partial charge on any atom is 0.216 e. The third-order valence-electron chi connectivity index (χ3n) is 5.40. The van der Waals surface area contributed by atoms with E-state index in [1.807, 2.05) is 13.0 Å². The van der Waals surface area contributed by atoms with Gasteiger partial charge in [-0.25, -0.2) is 4.98 Å². The highest BCUT2D eigenvalue weighted by molar-refractivity contribution is 5.92. The summed E-state index contributed by atoms with van der Waals surface area (Å²) in [5.74, 6) is 0.732. The first-order valence-electron chi connectivity index (χ1n) is 11.1. The standard InChI is InChI=1S/C23H36N4O5/c1-16-11-17(12-25-22(16)29-4)26-20-6-9-30-8-5-19(20)21(24)32-14-18-13-27(7-10-31-18)15-23(2,3)28/h11-12,18,24,26,28H,5-10,13-15H2,1-4H3/t18-/m0/s1. The van der Waals surface area contributed by atoms with Crippen molar-refractivity contribution in [3.63, 3.8) is 0 Å². The average Bonchev–Trinajstić information content (AvgIpc) is 2.97. The zero-order valence-electron chi connectivity index (χ0n) is 19.6. The van der Waals surface area contributed by atoms with E-state index in [1.165, 1.54) is 0 Å². The zero-order valence-corrected chi connectivity index (χ0v) is 19.6. The molecule has 0 spiro atoms. The Labute approximate surface area is 190 Å². The lowest BCUT2D eigenvalue weighted by molar-refractivity contribution is -0.0700. The van der Waals surface area contributed by atoms with Crippen molar-refractivity contribution in [2.24, 2.45) is 0 Å². The molecule has 3 N–H and O–H groups in total. The van der Waals surface area contributed by atoms with Crippen molar-refractivity contribution in [3.05, 3.63) is 29.1 Å². The summed E-state index contributed by atoms with van der Waals surface area (Å²) in [5.41, 5.74) is 2.73. The summed E-state index contributed by atoms with van der Waals surface area (Å²) in [4.78, 5) is 6.50. The van der Waals surface area contributed by atoms with Crippen molar-refractivity contribution in [3.8, 4) is 5.88 Å². The molecule has 9 nitrogen and oxygen atoms in total. The van der Waals surface area contributed by atoms with Gasteiger partial charge in [-0.15, -0.1) is 0 Å². The maximum absolute atomic E-state index is 10.1. The van der Waals surface area contributed by atoms with Gasteiger partial charge in [0.2, 0.25) is 11.8 Å². The molecule has 1 fully saturated rings. The Morgan fingerprint density at radius 3 is 2.84 bits per heavy atom. The predicted molar refractivity (Wildman–Crippen MR) is 122 cm³/mol. The molecule has 1 saturated heterocycles. The summed E-state index contributed by atoms with van der Waals surface area (Å²) in [6.07, 6.45) is 2.84. The van der Waals surface area contributed by atoms with Gasteiger partial charge in [0.1, 0.15) is 12.7 Å². The molecule has 178 valence electrons. The molecule has 1 atom stereocenters. The lowest BCUT2D eigenvalue weighted by atomic mass is 10.1. The SMILES string of the molecule is COc1ncc(NC2=C(C(=N)OC[C@@H]3CN(CC(C)(C)O)CCO3)CCOCC2)cc1C. The van der Waals surface area contributed by atoms with E-state index in [2.05, 4.69) is 15.2 Å². The molecule has 3 rings (SSSR count). The van der Waals surface area contributed by atoms with E-state index in [-0.39, 0.29) is 12.0 Å². The summed E-state index contributed by atoms with van der Waals surface area (Å²) in [7, 11) is 1.60. The molecule has 0 unspecified atom stereocenters. The number of hydrogen-bond acceptors (Lipinski definition) is 9. The first kappa shape index (κ1) is 24.4. The molecule has 32 heavy (non-hydrogen) atoms. The van der Waals surface area contributed by atoms with Crippen LogP contribution in [0, 0.1) is 12.3 Å². The summed E-state index contributed by atoms with van der Waals surface area (Å²) in [5, 5.41) is 22.1. The van der Waals surface area contributed by atoms with E-state index >= 15 is 0 Å². The Bertz CT molecular complexity index is 821. The molecule has 0 radical (unpaired) electrons. The molecule has 3 heterocycles. The number of methoxy groups -OCH3 is 1. The lowest BCUT2D eigenvalue weighted by Crippen LogP contribution is -2.49. The molecule has 1 aromatic rings. The van der Waals surface area contributed by atoms with Gasteiger partial charge in [0.25, 0.3) is 0 Å². The minimum atomic E-state index is -0.754. The third-order valence-corrected chi connectivity index (χ3v) is 5.40. The fourth-order valence-electron chi connectivity index (χ4n) is 3.99. The summed E-state index contributed by atoms with van der Waals surface area (Å²) >= 11 is 0. The summed E-state index contributed by atoms with van der Waals surface area (Å²) in [6.45, 7) is 9.59. The number of nitrogens with zero attached hydrogens (tertiary/aromatic N) is 2. The molecule has 0 bridgehead atoms. The number of ether oxygens (including phenoxy) is 4. The van der Waals surface area contributed by atoms with Crippen molar-refractivity contribution in [1.82, 2.24) is 9.88 Å². The smallest absolute Gasteiger partial charge is 0.216 e. The Morgan fingerprint density at radius 2 is 2.12 bits per heavy atom. The molecular weight excluding hydrogens is 412 g/mol. The Balaban J connectivity index is 1.64. The van der Waals surface area contributed by atoms with Gasteiger partial charge in [0.15, 0.2) is 0 Å². The van der Waals surface area contributed by atoms with Gasteiger partial charge in [-0.3, -0.25) is 10.3 Å². The Morgan fingerprint density at radius 1 is 1.34 bits per heavy atom. The highest BCUT2D eigenvalue weighted by Crippen LogP contribution is 2.24. The molecule has 0 aromatic carbocycles. The quantitative estimate of drug-likeness (QED) is 0.411. The van der Waals surface area contributed by atoms with Crippen LogP contribution >= 0.6 is 0 Å². The van der Waals surface area contributed by atoms with Crippen LogP contribution in [0.25, 0.3) is 0 Å². The van der Waals surface area contributed by atoms with Gasteiger partial charge in [-0.1, -0.05) is 0 Å². The highest BCUT2D eigenvalue weighted by atomic mass is 16.5. The van der Waals surface area contributed by atoms with E-state index in [0.717, 1.165) is 29.1 Å². The Hall–Kier alpha value is -2.20. The van der Waals surface area contributed by atoms with Gasteiger partial charge >= 0.3 is 0 Å². The number of hydrogen-bond donors (Lipinski definition) is 3. The number of aryl methyl sites for hydroxylation is 1. The number of rotatable bonds is 8. The first-order chi connectivity index (χ1) is 15.2. The topological polar surface area (TPSA) is 109 Å². The number of pyridine rings is 1. The number of nitrogens with one attached hydrogen (secondary N) is 2.